The van der Waals surface area contributed by atoms with Crippen LogP contribution in [0, 0.1) is 5.92 Å². The van der Waals surface area contributed by atoms with Gasteiger partial charge >= 0.3 is 0 Å². The summed E-state index contributed by atoms with van der Waals surface area (Å²) in [6, 6.07) is 5.86. The minimum atomic E-state index is -0.136. The Balaban J connectivity index is 1.32. The lowest BCUT2D eigenvalue weighted by Crippen LogP contribution is -2.45. The highest BCUT2D eigenvalue weighted by Crippen LogP contribution is 2.35. The molecule has 4 rings (SSSR count). The van der Waals surface area contributed by atoms with Gasteiger partial charge in [0.2, 0.25) is 5.91 Å². The van der Waals surface area contributed by atoms with Gasteiger partial charge in [-0.25, -0.2) is 0 Å². The topological polar surface area (TPSA) is 83.4 Å². The molecule has 0 unspecified atom stereocenters. The number of nitrogens with one attached hydrogen (secondary N) is 1. The van der Waals surface area contributed by atoms with Crippen LogP contribution >= 0.6 is 0 Å². The van der Waals surface area contributed by atoms with E-state index >= 15 is 0 Å². The van der Waals surface area contributed by atoms with Crippen LogP contribution in [0.4, 0.5) is 0 Å². The maximum atomic E-state index is 12.9. The third kappa shape index (κ3) is 5.70. The minimum Gasteiger partial charge on any atom is -0.349 e. The van der Waals surface area contributed by atoms with Crippen molar-refractivity contribution in [2.75, 3.05) is 20.1 Å². The number of nitrogens with zero attached hydrogens (tertiary/aromatic N) is 5. The van der Waals surface area contributed by atoms with Gasteiger partial charge in [0.25, 0.3) is 5.91 Å². The second-order valence-electron chi connectivity index (χ2n) is 8.93. The van der Waals surface area contributed by atoms with Crippen molar-refractivity contribution in [1.82, 2.24) is 29.9 Å². The van der Waals surface area contributed by atoms with Crippen molar-refractivity contribution < 1.29 is 9.59 Å². The third-order valence-corrected chi connectivity index (χ3v) is 6.35. The van der Waals surface area contributed by atoms with Gasteiger partial charge in [0.15, 0.2) is 0 Å². The SMILES string of the molecule is CN(Cc1cnn(C)c1)C(=O)C[C@H]1CC[C@@H](CNC(=O)c2ccccn2)N1CC1CC1. The Labute approximate surface area is 183 Å². The quantitative estimate of drug-likeness (QED) is 0.664. The number of aryl methyl sites for hydroxylation is 1. The molecule has 0 spiro atoms. The maximum absolute atomic E-state index is 12.9. The lowest BCUT2D eigenvalue weighted by Gasteiger charge is -2.31. The number of carbonyl (C=O) groups is 2. The molecule has 2 fully saturated rings. The molecule has 0 aromatic carbocycles. The van der Waals surface area contributed by atoms with Crippen LogP contribution in [0.25, 0.3) is 0 Å². The first kappa shape index (κ1) is 21.5. The van der Waals surface area contributed by atoms with E-state index in [1.807, 2.05) is 26.4 Å². The molecule has 8 heteroatoms. The molecule has 1 aliphatic carbocycles. The van der Waals surface area contributed by atoms with Gasteiger partial charge in [-0.2, -0.15) is 5.10 Å². The Kier molecular flexibility index (Phi) is 6.65. The van der Waals surface area contributed by atoms with Crippen molar-refractivity contribution in [2.24, 2.45) is 13.0 Å². The zero-order valence-electron chi connectivity index (χ0n) is 18.4. The highest BCUT2D eigenvalue weighted by Gasteiger charge is 2.38. The summed E-state index contributed by atoms with van der Waals surface area (Å²) < 4.78 is 1.76. The standard InChI is InChI=1S/C23H32N6O2/c1-27(14-18-12-26-28(2)15-18)22(30)11-19-8-9-20(29(19)16-17-6-7-17)13-25-23(31)21-5-3-4-10-24-21/h3-5,10,12,15,17,19-20H,6-9,11,13-14,16H2,1-2H3,(H,25,31)/t19-,20+/m1/s1. The summed E-state index contributed by atoms with van der Waals surface area (Å²) in [6.45, 7) is 2.19. The summed E-state index contributed by atoms with van der Waals surface area (Å²) in [4.78, 5) is 33.7. The highest BCUT2D eigenvalue weighted by molar-refractivity contribution is 5.92. The van der Waals surface area contributed by atoms with Gasteiger partial charge in [-0.15, -0.1) is 0 Å². The van der Waals surface area contributed by atoms with Crippen LogP contribution in [0.3, 0.4) is 0 Å². The number of amides is 2. The molecule has 166 valence electrons. The fourth-order valence-corrected chi connectivity index (χ4v) is 4.42. The Bertz CT molecular complexity index is 894. The van der Waals surface area contributed by atoms with E-state index in [4.69, 9.17) is 0 Å². The average molecular weight is 425 g/mol. The Morgan fingerprint density at radius 2 is 2.00 bits per heavy atom. The number of hydrogen-bond donors (Lipinski definition) is 1. The summed E-state index contributed by atoms with van der Waals surface area (Å²) in [6.07, 6.45) is 10.4. The molecule has 2 aromatic heterocycles. The Morgan fingerprint density at radius 3 is 2.68 bits per heavy atom. The van der Waals surface area contributed by atoms with Crippen molar-refractivity contribution in [1.29, 1.82) is 0 Å². The van der Waals surface area contributed by atoms with Gasteiger partial charge in [-0.3, -0.25) is 24.2 Å². The monoisotopic (exact) mass is 424 g/mol. The first-order valence-corrected chi connectivity index (χ1v) is 11.2. The molecule has 1 aliphatic heterocycles. The zero-order chi connectivity index (χ0) is 21.8. The van der Waals surface area contributed by atoms with E-state index in [1.165, 1.54) is 12.8 Å². The van der Waals surface area contributed by atoms with Crippen LogP contribution in [-0.4, -0.2) is 68.6 Å². The molecule has 2 aromatic rings. The van der Waals surface area contributed by atoms with Crippen molar-refractivity contribution in [2.45, 2.75) is 50.7 Å². The van der Waals surface area contributed by atoms with Gasteiger partial charge in [-0.1, -0.05) is 6.07 Å². The minimum absolute atomic E-state index is 0.136. The largest absolute Gasteiger partial charge is 0.349 e. The summed E-state index contributed by atoms with van der Waals surface area (Å²) in [5, 5.41) is 7.23. The first-order valence-electron chi connectivity index (χ1n) is 11.2. The van der Waals surface area contributed by atoms with E-state index in [-0.39, 0.29) is 23.9 Å². The molecule has 1 N–H and O–H groups in total. The molecule has 1 saturated carbocycles. The smallest absolute Gasteiger partial charge is 0.269 e. The lowest BCUT2D eigenvalue weighted by atomic mass is 10.1. The summed E-state index contributed by atoms with van der Waals surface area (Å²) in [5.74, 6) is 0.758. The van der Waals surface area contributed by atoms with Gasteiger partial charge in [0.05, 0.1) is 6.20 Å². The second kappa shape index (κ2) is 9.60. The summed E-state index contributed by atoms with van der Waals surface area (Å²) in [7, 11) is 3.74. The Morgan fingerprint density at radius 1 is 1.19 bits per heavy atom. The zero-order valence-corrected chi connectivity index (χ0v) is 18.4. The molecule has 1 saturated heterocycles. The number of hydrogen-bond acceptors (Lipinski definition) is 5. The molecular weight excluding hydrogens is 392 g/mol. The first-order chi connectivity index (χ1) is 15.0. The molecule has 31 heavy (non-hydrogen) atoms. The predicted octanol–water partition coefficient (Wildman–Crippen LogP) is 1.84. The average Bonchev–Trinajstić information content (AvgIpc) is 3.39. The number of aromatic nitrogens is 3. The van der Waals surface area contributed by atoms with E-state index in [1.54, 1.807) is 34.1 Å². The van der Waals surface area contributed by atoms with Crippen LogP contribution in [0.15, 0.2) is 36.8 Å². The lowest BCUT2D eigenvalue weighted by molar-refractivity contribution is -0.131. The third-order valence-electron chi connectivity index (χ3n) is 6.35. The van der Waals surface area contributed by atoms with Gasteiger partial charge < -0.3 is 10.2 Å². The maximum Gasteiger partial charge on any atom is 0.269 e. The fourth-order valence-electron chi connectivity index (χ4n) is 4.42. The van der Waals surface area contributed by atoms with Crippen molar-refractivity contribution >= 4 is 11.8 Å². The number of carbonyl (C=O) groups excluding carboxylic acids is 2. The second-order valence-corrected chi connectivity index (χ2v) is 8.93. The molecular formula is C23H32N6O2. The van der Waals surface area contributed by atoms with Gasteiger partial charge in [0.1, 0.15) is 5.69 Å². The van der Waals surface area contributed by atoms with E-state index in [2.05, 4.69) is 20.3 Å². The summed E-state index contributed by atoms with van der Waals surface area (Å²) in [5.41, 5.74) is 1.48. The van der Waals surface area contributed by atoms with Crippen LogP contribution in [0.2, 0.25) is 0 Å². The molecule has 0 radical (unpaired) electrons. The van der Waals surface area contributed by atoms with Crippen molar-refractivity contribution in [3.8, 4) is 0 Å². The number of pyridine rings is 1. The Hall–Kier alpha value is -2.74. The van der Waals surface area contributed by atoms with Crippen LogP contribution in [-0.2, 0) is 18.4 Å². The van der Waals surface area contributed by atoms with Gasteiger partial charge in [0, 0.05) is 70.2 Å². The van der Waals surface area contributed by atoms with Crippen molar-refractivity contribution in [3.05, 3.63) is 48.0 Å². The van der Waals surface area contributed by atoms with Crippen LogP contribution < -0.4 is 5.32 Å². The number of likely N-dealkylation sites (tertiary alicyclic amines) is 1. The van der Waals surface area contributed by atoms with Crippen LogP contribution in [0.5, 0.6) is 0 Å². The predicted molar refractivity (Wildman–Crippen MR) is 117 cm³/mol. The molecule has 3 heterocycles. The normalized spacial score (nSPS) is 21.2. The van der Waals surface area contributed by atoms with Crippen molar-refractivity contribution in [3.63, 3.8) is 0 Å². The summed E-state index contributed by atoms with van der Waals surface area (Å²) >= 11 is 0. The molecule has 2 aliphatic rings. The van der Waals surface area contributed by atoms with E-state index in [9.17, 15) is 9.59 Å². The molecule has 2 atom stereocenters. The fraction of sp³-hybridized carbons (Fsp3) is 0.565. The van der Waals surface area contributed by atoms with E-state index < -0.39 is 0 Å². The molecule has 2 amide bonds. The van der Waals surface area contributed by atoms with E-state index in [0.717, 1.165) is 30.9 Å². The molecule has 8 nitrogen and oxygen atoms in total. The highest BCUT2D eigenvalue weighted by atomic mass is 16.2. The van der Waals surface area contributed by atoms with Gasteiger partial charge in [-0.05, 0) is 43.7 Å². The van der Waals surface area contributed by atoms with Crippen LogP contribution in [0.1, 0.15) is 48.2 Å². The molecule has 0 bridgehead atoms. The van der Waals surface area contributed by atoms with E-state index in [0.29, 0.717) is 25.2 Å². The number of rotatable bonds is 9.